The van der Waals surface area contributed by atoms with Crippen molar-refractivity contribution in [3.05, 3.63) is 24.3 Å². The summed E-state index contributed by atoms with van der Waals surface area (Å²) >= 11 is 0. The van der Waals surface area contributed by atoms with Crippen LogP contribution in [-0.4, -0.2) is 31.0 Å². The van der Waals surface area contributed by atoms with Crippen LogP contribution in [0.25, 0.3) is 0 Å². The van der Waals surface area contributed by atoms with E-state index < -0.39 is 0 Å². The zero-order chi connectivity index (χ0) is 15.4. The van der Waals surface area contributed by atoms with E-state index >= 15 is 0 Å². The quantitative estimate of drug-likeness (QED) is 0.782. The minimum atomic E-state index is -0.335. The fourth-order valence-electron chi connectivity index (χ4n) is 2.33. The van der Waals surface area contributed by atoms with Crippen molar-refractivity contribution < 1.29 is 9.53 Å². The molecule has 2 rings (SSSR count). The Balaban J connectivity index is 2.22. The summed E-state index contributed by atoms with van der Waals surface area (Å²) in [4.78, 5) is 17.0. The number of carbonyl (C=O) groups is 1. The minimum absolute atomic E-state index is 0.0463. The average molecular weight is 287 g/mol. The van der Waals surface area contributed by atoms with Gasteiger partial charge in [0.05, 0.1) is 18.5 Å². The second-order valence-electron chi connectivity index (χ2n) is 5.05. The van der Waals surface area contributed by atoms with Crippen molar-refractivity contribution in [2.75, 3.05) is 18.7 Å². The summed E-state index contributed by atoms with van der Waals surface area (Å²) in [7, 11) is 1.61. The normalized spacial score (nSPS) is 19.0. The summed E-state index contributed by atoms with van der Waals surface area (Å²) in [6, 6.07) is 7.29. The van der Waals surface area contributed by atoms with Crippen LogP contribution >= 0.6 is 0 Å². The molecule has 21 heavy (non-hydrogen) atoms. The van der Waals surface area contributed by atoms with Crippen molar-refractivity contribution >= 4 is 23.0 Å². The Morgan fingerprint density at radius 1 is 1.38 bits per heavy atom. The van der Waals surface area contributed by atoms with Crippen LogP contribution in [0.15, 0.2) is 34.4 Å². The van der Waals surface area contributed by atoms with Crippen LogP contribution in [0.1, 0.15) is 27.2 Å². The molecule has 0 spiro atoms. The zero-order valence-corrected chi connectivity index (χ0v) is 13.0. The highest BCUT2D eigenvalue weighted by atomic mass is 16.5. The maximum Gasteiger partial charge on any atom is 0.261 e. The molecular formula is C16H21N3O2. The summed E-state index contributed by atoms with van der Waals surface area (Å²) in [6.07, 6.45) is 0.969. The van der Waals surface area contributed by atoms with E-state index in [1.807, 2.05) is 38.1 Å². The van der Waals surface area contributed by atoms with Gasteiger partial charge >= 0.3 is 0 Å². The maximum absolute atomic E-state index is 12.6. The van der Waals surface area contributed by atoms with E-state index in [0.717, 1.165) is 35.8 Å². The third kappa shape index (κ3) is 3.12. The topological polar surface area (TPSA) is 54.3 Å². The molecule has 1 aromatic carbocycles. The van der Waals surface area contributed by atoms with Crippen LogP contribution < -0.4 is 9.75 Å². The molecule has 5 nitrogen and oxygen atoms in total. The molecule has 0 N–H and O–H groups in total. The average Bonchev–Trinajstić information content (AvgIpc) is 2.80. The summed E-state index contributed by atoms with van der Waals surface area (Å²) in [5.74, 6) is 0.372. The van der Waals surface area contributed by atoms with Gasteiger partial charge in [-0.1, -0.05) is 6.92 Å². The van der Waals surface area contributed by atoms with Gasteiger partial charge in [-0.25, -0.2) is 0 Å². The number of aliphatic imine (C=N–C) groups is 1. The second-order valence-corrected chi connectivity index (χ2v) is 5.05. The molecule has 1 aliphatic rings. The molecule has 0 saturated heterocycles. The predicted octanol–water partition coefficient (Wildman–Crippen LogP) is 2.90. The van der Waals surface area contributed by atoms with Crippen LogP contribution in [0, 0.1) is 5.92 Å². The molecule has 0 saturated carbocycles. The molecule has 1 atom stereocenters. The molecule has 112 valence electrons. The number of carbonyl (C=O) groups excluding carboxylic acids is 1. The monoisotopic (exact) mass is 287 g/mol. The van der Waals surface area contributed by atoms with E-state index in [-0.39, 0.29) is 11.8 Å². The van der Waals surface area contributed by atoms with Crippen LogP contribution in [0.5, 0.6) is 5.75 Å². The Kier molecular flexibility index (Phi) is 4.73. The van der Waals surface area contributed by atoms with E-state index in [1.165, 1.54) is 5.01 Å². The van der Waals surface area contributed by atoms with Gasteiger partial charge in [0.25, 0.3) is 5.91 Å². The smallest absolute Gasteiger partial charge is 0.261 e. The molecule has 1 amide bonds. The van der Waals surface area contributed by atoms with Crippen molar-refractivity contribution in [3.8, 4) is 5.75 Å². The number of anilines is 1. The first-order valence-corrected chi connectivity index (χ1v) is 7.12. The number of nitrogens with zero attached hydrogens (tertiary/aromatic N) is 3. The number of hydrazone groups is 1. The highest BCUT2D eigenvalue weighted by Crippen LogP contribution is 2.26. The van der Waals surface area contributed by atoms with Gasteiger partial charge in [-0.05, 0) is 44.5 Å². The second kappa shape index (κ2) is 6.52. The molecule has 0 bridgehead atoms. The number of methoxy groups -OCH3 is 1. The lowest BCUT2D eigenvalue weighted by atomic mass is 9.99. The molecule has 5 heteroatoms. The third-order valence-electron chi connectivity index (χ3n) is 3.45. The van der Waals surface area contributed by atoms with E-state index in [0.29, 0.717) is 0 Å². The lowest BCUT2D eigenvalue weighted by molar-refractivity contribution is -0.118. The molecule has 1 heterocycles. The number of hydrogen-bond donors (Lipinski definition) is 0. The van der Waals surface area contributed by atoms with Gasteiger partial charge < -0.3 is 4.74 Å². The van der Waals surface area contributed by atoms with Crippen molar-refractivity contribution in [2.45, 2.75) is 27.2 Å². The highest BCUT2D eigenvalue weighted by Gasteiger charge is 2.36. The fourth-order valence-corrected chi connectivity index (χ4v) is 2.33. The van der Waals surface area contributed by atoms with Gasteiger partial charge in [0, 0.05) is 12.3 Å². The van der Waals surface area contributed by atoms with Gasteiger partial charge in [-0.3, -0.25) is 9.79 Å². The van der Waals surface area contributed by atoms with Crippen LogP contribution in [-0.2, 0) is 4.79 Å². The van der Waals surface area contributed by atoms with Crippen LogP contribution in [0.4, 0.5) is 5.69 Å². The van der Waals surface area contributed by atoms with Crippen molar-refractivity contribution in [2.24, 2.45) is 16.0 Å². The molecule has 1 unspecified atom stereocenters. The molecule has 0 radical (unpaired) electrons. The molecule has 1 aromatic rings. The third-order valence-corrected chi connectivity index (χ3v) is 3.45. The Hall–Kier alpha value is -2.17. The zero-order valence-electron chi connectivity index (χ0n) is 13.0. The summed E-state index contributed by atoms with van der Waals surface area (Å²) in [5, 5.41) is 5.83. The fraction of sp³-hybridized carbons (Fsp3) is 0.438. The van der Waals surface area contributed by atoms with Crippen LogP contribution in [0.3, 0.4) is 0 Å². The number of amides is 1. The maximum atomic E-state index is 12.6. The number of benzene rings is 1. The van der Waals surface area contributed by atoms with E-state index in [4.69, 9.17) is 4.74 Å². The van der Waals surface area contributed by atoms with Gasteiger partial charge in [0.15, 0.2) is 0 Å². The molecule has 1 aliphatic heterocycles. The summed E-state index contributed by atoms with van der Waals surface area (Å²) in [5.41, 5.74) is 2.36. The number of hydrogen-bond acceptors (Lipinski definition) is 4. The van der Waals surface area contributed by atoms with E-state index in [1.54, 1.807) is 7.11 Å². The Labute approximate surface area is 125 Å². The number of rotatable bonds is 5. The molecule has 0 aliphatic carbocycles. The van der Waals surface area contributed by atoms with E-state index in [2.05, 4.69) is 17.0 Å². The Morgan fingerprint density at radius 3 is 2.62 bits per heavy atom. The van der Waals surface area contributed by atoms with E-state index in [9.17, 15) is 4.79 Å². The lowest BCUT2D eigenvalue weighted by Crippen LogP contribution is -2.31. The first kappa shape index (κ1) is 15.2. The Bertz CT molecular complexity index is 576. The van der Waals surface area contributed by atoms with Gasteiger partial charge in [0.1, 0.15) is 11.7 Å². The summed E-state index contributed by atoms with van der Waals surface area (Å²) < 4.78 is 5.13. The standard InChI is InChI=1S/C16H21N3O2/c1-5-10-17-11(2)15-12(3)18-19(16(15)20)13-6-8-14(21-4)9-7-13/h6-9,15H,5,10H2,1-4H3. The SMILES string of the molecule is CCCN=C(C)C1C(=O)N(c2ccc(OC)cc2)N=C1C. The largest absolute Gasteiger partial charge is 0.497 e. The molecular weight excluding hydrogens is 266 g/mol. The minimum Gasteiger partial charge on any atom is -0.497 e. The van der Waals surface area contributed by atoms with Gasteiger partial charge in [0.2, 0.25) is 0 Å². The number of ether oxygens (including phenoxy) is 1. The predicted molar refractivity (Wildman–Crippen MR) is 85.3 cm³/mol. The Morgan fingerprint density at radius 2 is 2.05 bits per heavy atom. The molecule has 0 fully saturated rings. The van der Waals surface area contributed by atoms with Crippen molar-refractivity contribution in [1.29, 1.82) is 0 Å². The highest BCUT2D eigenvalue weighted by molar-refractivity contribution is 6.27. The summed E-state index contributed by atoms with van der Waals surface area (Å²) in [6.45, 7) is 6.58. The van der Waals surface area contributed by atoms with Gasteiger partial charge in [-0.15, -0.1) is 0 Å². The van der Waals surface area contributed by atoms with Gasteiger partial charge in [-0.2, -0.15) is 10.1 Å². The first-order chi connectivity index (χ1) is 10.1. The van der Waals surface area contributed by atoms with Crippen LogP contribution in [0.2, 0.25) is 0 Å². The molecule has 0 aromatic heterocycles. The lowest BCUT2D eigenvalue weighted by Gasteiger charge is -2.14. The van der Waals surface area contributed by atoms with Crippen molar-refractivity contribution in [1.82, 2.24) is 0 Å². The first-order valence-electron chi connectivity index (χ1n) is 7.12. The van der Waals surface area contributed by atoms with Crippen molar-refractivity contribution in [3.63, 3.8) is 0 Å².